The summed E-state index contributed by atoms with van der Waals surface area (Å²) in [7, 11) is 0. The van der Waals surface area contributed by atoms with Gasteiger partial charge in [-0.2, -0.15) is 0 Å². The van der Waals surface area contributed by atoms with E-state index in [1.165, 1.54) is 11.3 Å². The molecule has 106 valence electrons. The van der Waals surface area contributed by atoms with Crippen molar-refractivity contribution in [3.63, 3.8) is 0 Å². The molecule has 0 unspecified atom stereocenters. The molecule has 0 aliphatic rings. The van der Waals surface area contributed by atoms with Crippen LogP contribution in [-0.4, -0.2) is 10.9 Å². The van der Waals surface area contributed by atoms with Crippen LogP contribution in [-0.2, 0) is 0 Å². The molecule has 7 heteroatoms. The van der Waals surface area contributed by atoms with Crippen LogP contribution in [0.1, 0.15) is 10.4 Å². The predicted molar refractivity (Wildman–Crippen MR) is 78.3 cm³/mol. The Labute approximate surface area is 122 Å². The van der Waals surface area contributed by atoms with Crippen molar-refractivity contribution >= 4 is 38.8 Å². The number of carbonyl (C=O) groups excluding carboxylic acids is 1. The number of benzene rings is 2. The molecule has 0 radical (unpaired) electrons. The SMILES string of the molecule is Nc1cc(F)c(F)cc1C(=O)Nc1ccc2ncsc2c1. The van der Waals surface area contributed by atoms with Crippen LogP contribution in [0.25, 0.3) is 10.2 Å². The van der Waals surface area contributed by atoms with Crippen LogP contribution in [0.2, 0.25) is 0 Å². The van der Waals surface area contributed by atoms with E-state index in [2.05, 4.69) is 10.3 Å². The number of halogens is 2. The van der Waals surface area contributed by atoms with E-state index in [4.69, 9.17) is 5.73 Å². The average molecular weight is 305 g/mol. The molecule has 0 saturated heterocycles. The summed E-state index contributed by atoms with van der Waals surface area (Å²) < 4.78 is 27.1. The maximum atomic E-state index is 13.2. The van der Waals surface area contributed by atoms with Gasteiger partial charge in [0.1, 0.15) is 0 Å². The van der Waals surface area contributed by atoms with E-state index in [1.54, 1.807) is 23.7 Å². The van der Waals surface area contributed by atoms with Gasteiger partial charge in [0.25, 0.3) is 5.91 Å². The Morgan fingerprint density at radius 3 is 2.76 bits per heavy atom. The number of carbonyl (C=O) groups is 1. The van der Waals surface area contributed by atoms with Crippen LogP contribution in [0, 0.1) is 11.6 Å². The van der Waals surface area contributed by atoms with E-state index < -0.39 is 17.5 Å². The monoisotopic (exact) mass is 305 g/mol. The van der Waals surface area contributed by atoms with Crippen LogP contribution in [0.15, 0.2) is 35.8 Å². The zero-order valence-electron chi connectivity index (χ0n) is 10.6. The third kappa shape index (κ3) is 2.55. The second-order valence-corrected chi connectivity index (χ2v) is 5.23. The second-order valence-electron chi connectivity index (χ2n) is 4.34. The third-order valence-electron chi connectivity index (χ3n) is 2.93. The van der Waals surface area contributed by atoms with Crippen LogP contribution in [0.3, 0.4) is 0 Å². The summed E-state index contributed by atoms with van der Waals surface area (Å²) in [6.45, 7) is 0. The molecule has 1 aromatic heterocycles. The molecular formula is C14H9F2N3OS. The minimum Gasteiger partial charge on any atom is -0.398 e. The molecule has 4 nitrogen and oxygen atoms in total. The number of fused-ring (bicyclic) bond motifs is 1. The van der Waals surface area contributed by atoms with Gasteiger partial charge < -0.3 is 11.1 Å². The lowest BCUT2D eigenvalue weighted by Crippen LogP contribution is -2.14. The van der Waals surface area contributed by atoms with Crippen molar-refractivity contribution in [2.45, 2.75) is 0 Å². The number of aromatic nitrogens is 1. The lowest BCUT2D eigenvalue weighted by Gasteiger charge is -2.08. The molecule has 0 spiro atoms. The smallest absolute Gasteiger partial charge is 0.257 e. The van der Waals surface area contributed by atoms with E-state index in [0.29, 0.717) is 5.69 Å². The number of thiazole rings is 1. The van der Waals surface area contributed by atoms with E-state index in [0.717, 1.165) is 22.3 Å². The lowest BCUT2D eigenvalue weighted by atomic mass is 10.1. The molecule has 21 heavy (non-hydrogen) atoms. The highest BCUT2D eigenvalue weighted by Crippen LogP contribution is 2.23. The zero-order valence-corrected chi connectivity index (χ0v) is 11.4. The molecule has 1 amide bonds. The number of nitrogens with two attached hydrogens (primary N) is 1. The Kier molecular flexibility index (Phi) is 3.26. The van der Waals surface area contributed by atoms with Gasteiger partial charge in [-0.1, -0.05) is 0 Å². The minimum absolute atomic E-state index is 0.113. The molecule has 0 bridgehead atoms. The number of hydrogen-bond donors (Lipinski definition) is 2. The predicted octanol–water partition coefficient (Wildman–Crippen LogP) is 3.41. The first-order valence-corrected chi connectivity index (χ1v) is 6.81. The number of nitrogens with zero attached hydrogens (tertiary/aromatic N) is 1. The van der Waals surface area contributed by atoms with Gasteiger partial charge in [0.2, 0.25) is 0 Å². The standard InChI is InChI=1S/C14H9F2N3OS/c15-9-4-8(11(17)5-10(9)16)14(20)19-7-1-2-12-13(3-7)21-6-18-12/h1-6H,17H2,(H,19,20). The highest BCUT2D eigenvalue weighted by atomic mass is 32.1. The molecule has 3 aromatic rings. The molecule has 2 aromatic carbocycles. The van der Waals surface area contributed by atoms with Gasteiger partial charge in [-0.3, -0.25) is 4.79 Å². The zero-order chi connectivity index (χ0) is 15.0. The summed E-state index contributed by atoms with van der Waals surface area (Å²) in [6, 6.07) is 6.76. The number of hydrogen-bond acceptors (Lipinski definition) is 4. The van der Waals surface area contributed by atoms with Crippen molar-refractivity contribution < 1.29 is 13.6 Å². The Morgan fingerprint density at radius 1 is 1.19 bits per heavy atom. The van der Waals surface area contributed by atoms with Crippen molar-refractivity contribution in [3.05, 3.63) is 53.0 Å². The third-order valence-corrected chi connectivity index (χ3v) is 3.72. The average Bonchev–Trinajstić information content (AvgIpc) is 2.90. The molecule has 1 heterocycles. The topological polar surface area (TPSA) is 68.0 Å². The maximum Gasteiger partial charge on any atom is 0.257 e. The van der Waals surface area contributed by atoms with Gasteiger partial charge in [-0.05, 0) is 24.3 Å². The Bertz CT molecular complexity index is 847. The molecule has 0 atom stereocenters. The fourth-order valence-corrected chi connectivity index (χ4v) is 2.61. The lowest BCUT2D eigenvalue weighted by molar-refractivity contribution is 0.102. The molecule has 3 rings (SSSR count). The molecule has 0 saturated carbocycles. The second kappa shape index (κ2) is 5.10. The van der Waals surface area contributed by atoms with Crippen molar-refractivity contribution in [1.29, 1.82) is 0 Å². The Balaban J connectivity index is 1.90. The van der Waals surface area contributed by atoms with Gasteiger partial charge >= 0.3 is 0 Å². The summed E-state index contributed by atoms with van der Waals surface area (Å²) in [5.74, 6) is -2.81. The van der Waals surface area contributed by atoms with Crippen molar-refractivity contribution in [1.82, 2.24) is 4.98 Å². The minimum atomic E-state index is -1.12. The highest BCUT2D eigenvalue weighted by Gasteiger charge is 2.14. The van der Waals surface area contributed by atoms with Gasteiger partial charge in [0, 0.05) is 17.4 Å². The first kappa shape index (κ1) is 13.4. The van der Waals surface area contributed by atoms with E-state index in [-0.39, 0.29) is 11.3 Å². The number of nitrogen functional groups attached to an aromatic ring is 1. The summed E-state index contributed by atoms with van der Waals surface area (Å²) in [5, 5.41) is 2.60. The van der Waals surface area contributed by atoms with Crippen molar-refractivity contribution in [2.75, 3.05) is 11.1 Å². The molecule has 0 aliphatic heterocycles. The summed E-state index contributed by atoms with van der Waals surface area (Å²) in [4.78, 5) is 16.2. The highest BCUT2D eigenvalue weighted by molar-refractivity contribution is 7.16. The van der Waals surface area contributed by atoms with Crippen LogP contribution >= 0.6 is 11.3 Å². The summed E-state index contributed by atoms with van der Waals surface area (Å²) in [5.41, 5.74) is 8.36. The van der Waals surface area contributed by atoms with Crippen LogP contribution in [0.4, 0.5) is 20.2 Å². The fraction of sp³-hybridized carbons (Fsp3) is 0. The molecular weight excluding hydrogens is 296 g/mol. The molecule has 0 fully saturated rings. The van der Waals surface area contributed by atoms with E-state index in [9.17, 15) is 13.6 Å². The maximum absolute atomic E-state index is 13.2. The normalized spacial score (nSPS) is 10.8. The largest absolute Gasteiger partial charge is 0.398 e. The van der Waals surface area contributed by atoms with Gasteiger partial charge in [-0.15, -0.1) is 11.3 Å². The Morgan fingerprint density at radius 2 is 1.95 bits per heavy atom. The summed E-state index contributed by atoms with van der Waals surface area (Å²) in [6.07, 6.45) is 0. The van der Waals surface area contributed by atoms with Gasteiger partial charge in [0.15, 0.2) is 11.6 Å². The van der Waals surface area contributed by atoms with Crippen molar-refractivity contribution in [3.8, 4) is 0 Å². The van der Waals surface area contributed by atoms with E-state index >= 15 is 0 Å². The van der Waals surface area contributed by atoms with Gasteiger partial charge in [0.05, 0.1) is 21.3 Å². The fourth-order valence-electron chi connectivity index (χ4n) is 1.89. The van der Waals surface area contributed by atoms with E-state index in [1.807, 2.05) is 0 Å². The molecule has 0 aliphatic carbocycles. The van der Waals surface area contributed by atoms with Crippen LogP contribution in [0.5, 0.6) is 0 Å². The quantitative estimate of drug-likeness (QED) is 0.713. The number of nitrogens with one attached hydrogen (secondary N) is 1. The summed E-state index contributed by atoms with van der Waals surface area (Å²) >= 11 is 1.44. The first-order chi connectivity index (χ1) is 10.0. The van der Waals surface area contributed by atoms with Crippen molar-refractivity contribution in [2.24, 2.45) is 0 Å². The van der Waals surface area contributed by atoms with Crippen LogP contribution < -0.4 is 11.1 Å². The first-order valence-electron chi connectivity index (χ1n) is 5.94. The number of amides is 1. The Hall–Kier alpha value is -2.54. The number of rotatable bonds is 2. The molecule has 3 N–H and O–H groups in total. The van der Waals surface area contributed by atoms with Gasteiger partial charge in [-0.25, -0.2) is 13.8 Å². The number of anilines is 2.